The molecule has 152 valence electrons. The zero-order valence-corrected chi connectivity index (χ0v) is 17.5. The predicted octanol–water partition coefficient (Wildman–Crippen LogP) is 7.13. The Bertz CT molecular complexity index is 1160. The number of allylic oxidation sites excluding steroid dienone is 1. The van der Waals surface area contributed by atoms with Crippen LogP contribution in [0.2, 0.25) is 0 Å². The van der Waals surface area contributed by atoms with Crippen molar-refractivity contribution in [3.05, 3.63) is 95.9 Å². The molecule has 4 rings (SSSR count). The molecular formula is C26H23ClO3. The molecule has 0 saturated heterocycles. The summed E-state index contributed by atoms with van der Waals surface area (Å²) in [6, 6.07) is 21.8. The number of phenolic OH excluding ortho intramolecular Hbond substituents is 1. The Morgan fingerprint density at radius 2 is 1.50 bits per heavy atom. The van der Waals surface area contributed by atoms with Crippen molar-refractivity contribution in [3.8, 4) is 11.5 Å². The third kappa shape index (κ3) is 4.22. The number of ether oxygens (including phenoxy) is 1. The topological polar surface area (TPSA) is 42.6 Å². The monoisotopic (exact) mass is 418 g/mol. The Labute approximate surface area is 181 Å². The van der Waals surface area contributed by atoms with E-state index in [0.29, 0.717) is 12.5 Å². The molecule has 1 N–H and O–H groups in total. The van der Waals surface area contributed by atoms with E-state index in [9.17, 15) is 5.11 Å². The van der Waals surface area contributed by atoms with E-state index in [0.717, 1.165) is 45.2 Å². The minimum absolute atomic E-state index is 0.251. The van der Waals surface area contributed by atoms with Crippen LogP contribution < -0.4 is 4.74 Å². The summed E-state index contributed by atoms with van der Waals surface area (Å²) in [5.74, 6) is 1.50. The van der Waals surface area contributed by atoms with E-state index in [-0.39, 0.29) is 5.75 Å². The molecule has 30 heavy (non-hydrogen) atoms. The minimum atomic E-state index is 0.251. The Kier molecular flexibility index (Phi) is 6.10. The zero-order chi connectivity index (χ0) is 20.9. The van der Waals surface area contributed by atoms with Gasteiger partial charge in [0.1, 0.15) is 18.1 Å². The van der Waals surface area contributed by atoms with Crippen molar-refractivity contribution < 1.29 is 14.3 Å². The smallest absolute Gasteiger partial charge is 0.119 e. The van der Waals surface area contributed by atoms with Gasteiger partial charge in [-0.1, -0.05) is 43.3 Å². The maximum atomic E-state index is 9.78. The highest BCUT2D eigenvalue weighted by atomic mass is 35.5. The second kappa shape index (κ2) is 9.10. The van der Waals surface area contributed by atoms with Gasteiger partial charge in [0, 0.05) is 10.8 Å². The fourth-order valence-corrected chi connectivity index (χ4v) is 3.77. The molecule has 0 aliphatic carbocycles. The predicted molar refractivity (Wildman–Crippen MR) is 123 cm³/mol. The van der Waals surface area contributed by atoms with Crippen LogP contribution in [0.25, 0.3) is 21.9 Å². The van der Waals surface area contributed by atoms with Crippen molar-refractivity contribution in [1.82, 2.24) is 0 Å². The lowest BCUT2D eigenvalue weighted by molar-refractivity contribution is 0.343. The van der Waals surface area contributed by atoms with Crippen LogP contribution in [0.5, 0.6) is 11.5 Å². The number of rotatable bonds is 7. The van der Waals surface area contributed by atoms with Gasteiger partial charge in [0.05, 0.1) is 18.4 Å². The molecule has 1 heterocycles. The highest BCUT2D eigenvalue weighted by Crippen LogP contribution is 2.36. The Morgan fingerprint density at radius 3 is 2.17 bits per heavy atom. The van der Waals surface area contributed by atoms with Gasteiger partial charge in [0.25, 0.3) is 0 Å². The summed E-state index contributed by atoms with van der Waals surface area (Å²) in [4.78, 5) is 0. The summed E-state index contributed by atoms with van der Waals surface area (Å²) >= 11 is 5.73. The summed E-state index contributed by atoms with van der Waals surface area (Å²) in [6.45, 7) is 2.64. The first-order chi connectivity index (χ1) is 14.7. The number of hydrogen-bond acceptors (Lipinski definition) is 3. The van der Waals surface area contributed by atoms with Crippen molar-refractivity contribution in [2.75, 3.05) is 12.5 Å². The van der Waals surface area contributed by atoms with Gasteiger partial charge in [-0.2, -0.15) is 0 Å². The quantitative estimate of drug-likeness (QED) is 0.256. The molecule has 3 aromatic carbocycles. The standard InChI is InChI=1S/C26H23ClO3/c1-2-25(20-3-4-21-16-29-17-22(21)15-20)26(18-5-9-23(28)10-6-18)19-7-11-24(12-8-19)30-14-13-27/h3-12,15-17,28H,2,13-14H2,1H3. The molecule has 0 bridgehead atoms. The van der Waals surface area contributed by atoms with E-state index >= 15 is 0 Å². The van der Waals surface area contributed by atoms with Crippen molar-refractivity contribution in [2.24, 2.45) is 0 Å². The molecule has 0 aliphatic heterocycles. The van der Waals surface area contributed by atoms with E-state index in [1.165, 1.54) is 5.57 Å². The summed E-state index contributed by atoms with van der Waals surface area (Å²) in [5.41, 5.74) is 5.63. The number of phenols is 1. The highest BCUT2D eigenvalue weighted by Gasteiger charge is 2.14. The number of aromatic hydroxyl groups is 1. The van der Waals surface area contributed by atoms with E-state index in [2.05, 4.69) is 37.3 Å². The second-order valence-corrected chi connectivity index (χ2v) is 7.41. The second-order valence-electron chi connectivity index (χ2n) is 7.03. The molecule has 4 heteroatoms. The van der Waals surface area contributed by atoms with E-state index in [1.807, 2.05) is 24.3 Å². The van der Waals surface area contributed by atoms with Crippen LogP contribution in [0.4, 0.5) is 0 Å². The van der Waals surface area contributed by atoms with E-state index in [1.54, 1.807) is 24.7 Å². The minimum Gasteiger partial charge on any atom is -0.508 e. The first kappa shape index (κ1) is 20.1. The maximum absolute atomic E-state index is 9.78. The Balaban J connectivity index is 1.87. The first-order valence-corrected chi connectivity index (χ1v) is 10.5. The molecule has 0 atom stereocenters. The van der Waals surface area contributed by atoms with E-state index < -0.39 is 0 Å². The lowest BCUT2D eigenvalue weighted by Crippen LogP contribution is -1.99. The molecular weight excluding hydrogens is 396 g/mol. The molecule has 0 unspecified atom stereocenters. The highest BCUT2D eigenvalue weighted by molar-refractivity contribution is 6.18. The maximum Gasteiger partial charge on any atom is 0.119 e. The number of furan rings is 1. The summed E-state index contributed by atoms with van der Waals surface area (Å²) in [7, 11) is 0. The van der Waals surface area contributed by atoms with Gasteiger partial charge < -0.3 is 14.3 Å². The van der Waals surface area contributed by atoms with Crippen molar-refractivity contribution in [3.63, 3.8) is 0 Å². The Hall–Kier alpha value is -3.17. The van der Waals surface area contributed by atoms with Gasteiger partial charge in [-0.3, -0.25) is 0 Å². The van der Waals surface area contributed by atoms with Crippen molar-refractivity contribution in [2.45, 2.75) is 13.3 Å². The third-order valence-electron chi connectivity index (χ3n) is 5.13. The molecule has 1 aromatic heterocycles. The molecule has 0 amide bonds. The van der Waals surface area contributed by atoms with Gasteiger partial charge in [-0.05, 0) is 64.6 Å². The fraction of sp³-hybridized carbons (Fsp3) is 0.154. The van der Waals surface area contributed by atoms with Crippen LogP contribution in [-0.2, 0) is 0 Å². The summed E-state index contributed by atoms with van der Waals surface area (Å²) in [5, 5.41) is 11.9. The van der Waals surface area contributed by atoms with Crippen molar-refractivity contribution in [1.29, 1.82) is 0 Å². The van der Waals surface area contributed by atoms with Gasteiger partial charge in [-0.25, -0.2) is 0 Å². The zero-order valence-electron chi connectivity index (χ0n) is 16.8. The summed E-state index contributed by atoms with van der Waals surface area (Å²) in [6.07, 6.45) is 4.38. The average molecular weight is 419 g/mol. The lowest BCUT2D eigenvalue weighted by atomic mass is 9.88. The van der Waals surface area contributed by atoms with Crippen LogP contribution >= 0.6 is 11.6 Å². The molecule has 0 fully saturated rings. The van der Waals surface area contributed by atoms with Crippen LogP contribution in [0, 0.1) is 0 Å². The summed E-state index contributed by atoms with van der Waals surface area (Å²) < 4.78 is 11.0. The number of benzene rings is 3. The van der Waals surface area contributed by atoms with Crippen LogP contribution in [0.3, 0.4) is 0 Å². The largest absolute Gasteiger partial charge is 0.508 e. The van der Waals surface area contributed by atoms with Gasteiger partial charge in [-0.15, -0.1) is 11.6 Å². The molecule has 0 spiro atoms. The number of alkyl halides is 1. The molecule has 3 nitrogen and oxygen atoms in total. The fourth-order valence-electron chi connectivity index (χ4n) is 3.70. The average Bonchev–Trinajstić information content (AvgIpc) is 3.25. The van der Waals surface area contributed by atoms with Gasteiger partial charge in [0.15, 0.2) is 0 Å². The van der Waals surface area contributed by atoms with Crippen molar-refractivity contribution >= 4 is 33.5 Å². The lowest BCUT2D eigenvalue weighted by Gasteiger charge is -2.17. The first-order valence-electron chi connectivity index (χ1n) is 9.97. The number of hydrogen-bond donors (Lipinski definition) is 1. The van der Waals surface area contributed by atoms with Gasteiger partial charge in [0.2, 0.25) is 0 Å². The molecule has 0 saturated carbocycles. The van der Waals surface area contributed by atoms with Crippen LogP contribution in [0.1, 0.15) is 30.0 Å². The number of halogens is 1. The third-order valence-corrected chi connectivity index (χ3v) is 5.28. The Morgan fingerprint density at radius 1 is 0.867 bits per heavy atom. The molecule has 0 radical (unpaired) electrons. The van der Waals surface area contributed by atoms with E-state index in [4.69, 9.17) is 20.8 Å². The SMILES string of the molecule is CCC(=C(c1ccc(O)cc1)c1ccc(OCCCl)cc1)c1ccc2cocc2c1. The van der Waals surface area contributed by atoms with Crippen LogP contribution in [-0.4, -0.2) is 17.6 Å². The van der Waals surface area contributed by atoms with Crippen LogP contribution in [0.15, 0.2) is 83.7 Å². The van der Waals surface area contributed by atoms with Gasteiger partial charge >= 0.3 is 0 Å². The molecule has 0 aliphatic rings. The number of fused-ring (bicyclic) bond motifs is 1. The molecule has 4 aromatic rings. The normalized spacial score (nSPS) is 12.1.